The molecule has 0 spiro atoms. The fourth-order valence-electron chi connectivity index (χ4n) is 1.87. The minimum absolute atomic E-state index is 0.706. The maximum atomic E-state index is 6.16. The van der Waals surface area contributed by atoms with Gasteiger partial charge in [-0.3, -0.25) is 5.10 Å². The normalized spacial score (nSPS) is 10.4. The Morgan fingerprint density at radius 3 is 2.47 bits per heavy atom. The Morgan fingerprint density at radius 1 is 0.947 bits per heavy atom. The Kier molecular flexibility index (Phi) is 3.21. The maximum Gasteiger partial charge on any atom is 0.152 e. The molecule has 0 fully saturated rings. The minimum Gasteiger partial charge on any atom is -0.339 e. The number of aromatic nitrogens is 2. The average Bonchev–Trinajstić information content (AvgIpc) is 2.89. The van der Waals surface area contributed by atoms with Gasteiger partial charge in [-0.15, -0.1) is 0 Å². The van der Waals surface area contributed by atoms with E-state index in [2.05, 4.69) is 15.5 Å². The summed E-state index contributed by atoms with van der Waals surface area (Å²) in [4.78, 5) is 0. The zero-order chi connectivity index (χ0) is 13.1. The van der Waals surface area contributed by atoms with Crippen molar-refractivity contribution in [1.82, 2.24) is 10.2 Å². The van der Waals surface area contributed by atoms with E-state index in [0.717, 1.165) is 22.8 Å². The molecule has 1 aromatic heterocycles. The highest BCUT2D eigenvalue weighted by Gasteiger charge is 2.06. The van der Waals surface area contributed by atoms with Crippen LogP contribution in [0.15, 0.2) is 60.7 Å². The number of halogens is 1. The molecule has 1 heterocycles. The van der Waals surface area contributed by atoms with Crippen LogP contribution in [0.1, 0.15) is 0 Å². The summed E-state index contributed by atoms with van der Waals surface area (Å²) in [6.45, 7) is 0. The van der Waals surface area contributed by atoms with Gasteiger partial charge in [-0.25, -0.2) is 0 Å². The van der Waals surface area contributed by atoms with Gasteiger partial charge in [-0.05, 0) is 18.2 Å². The van der Waals surface area contributed by atoms with Crippen molar-refractivity contribution in [2.75, 3.05) is 5.32 Å². The second kappa shape index (κ2) is 5.16. The van der Waals surface area contributed by atoms with Crippen LogP contribution in [0.3, 0.4) is 0 Å². The molecule has 94 valence electrons. The summed E-state index contributed by atoms with van der Waals surface area (Å²) in [5.41, 5.74) is 2.83. The third kappa shape index (κ3) is 2.61. The van der Waals surface area contributed by atoms with Gasteiger partial charge in [0.05, 0.1) is 5.69 Å². The molecule has 3 nitrogen and oxygen atoms in total. The van der Waals surface area contributed by atoms with Crippen molar-refractivity contribution in [1.29, 1.82) is 0 Å². The molecule has 2 N–H and O–H groups in total. The zero-order valence-corrected chi connectivity index (χ0v) is 10.9. The number of hydrogen-bond donors (Lipinski definition) is 2. The van der Waals surface area contributed by atoms with Gasteiger partial charge in [0.2, 0.25) is 0 Å². The Morgan fingerprint density at radius 2 is 1.68 bits per heavy atom. The first kappa shape index (κ1) is 11.8. The van der Waals surface area contributed by atoms with Gasteiger partial charge in [0.25, 0.3) is 0 Å². The molecule has 0 atom stereocenters. The van der Waals surface area contributed by atoms with Gasteiger partial charge in [0.1, 0.15) is 0 Å². The van der Waals surface area contributed by atoms with E-state index in [9.17, 15) is 0 Å². The number of benzene rings is 2. The van der Waals surface area contributed by atoms with Gasteiger partial charge in [0.15, 0.2) is 5.82 Å². The zero-order valence-electron chi connectivity index (χ0n) is 10.1. The predicted octanol–water partition coefficient (Wildman–Crippen LogP) is 4.47. The molecule has 3 rings (SSSR count). The molecule has 0 radical (unpaired) electrons. The summed E-state index contributed by atoms with van der Waals surface area (Å²) in [5, 5.41) is 11.2. The van der Waals surface area contributed by atoms with Gasteiger partial charge < -0.3 is 5.32 Å². The highest BCUT2D eigenvalue weighted by molar-refractivity contribution is 6.33. The van der Waals surface area contributed by atoms with E-state index in [1.54, 1.807) is 0 Å². The van der Waals surface area contributed by atoms with Crippen molar-refractivity contribution in [3.05, 3.63) is 65.7 Å². The molecule has 0 amide bonds. The third-order valence-electron chi connectivity index (χ3n) is 2.79. The average molecular weight is 270 g/mol. The van der Waals surface area contributed by atoms with Crippen molar-refractivity contribution in [3.8, 4) is 11.3 Å². The van der Waals surface area contributed by atoms with E-state index >= 15 is 0 Å². The van der Waals surface area contributed by atoms with Gasteiger partial charge in [0, 0.05) is 22.3 Å². The number of para-hydroxylation sites is 1. The Labute approximate surface area is 116 Å². The molecular weight excluding hydrogens is 258 g/mol. The monoisotopic (exact) mass is 269 g/mol. The van der Waals surface area contributed by atoms with Crippen LogP contribution in [0, 0.1) is 0 Å². The van der Waals surface area contributed by atoms with Gasteiger partial charge >= 0.3 is 0 Å². The summed E-state index contributed by atoms with van der Waals surface area (Å²) in [5.74, 6) is 0.765. The molecule has 0 bridgehead atoms. The number of hydrogen-bond acceptors (Lipinski definition) is 2. The summed E-state index contributed by atoms with van der Waals surface area (Å²) < 4.78 is 0. The summed E-state index contributed by atoms with van der Waals surface area (Å²) in [7, 11) is 0. The van der Waals surface area contributed by atoms with Crippen LogP contribution >= 0.6 is 11.6 Å². The van der Waals surface area contributed by atoms with Crippen molar-refractivity contribution in [2.45, 2.75) is 0 Å². The van der Waals surface area contributed by atoms with Crippen LogP contribution in [-0.2, 0) is 0 Å². The van der Waals surface area contributed by atoms with Crippen LogP contribution in [-0.4, -0.2) is 10.2 Å². The molecule has 19 heavy (non-hydrogen) atoms. The first-order valence-corrected chi connectivity index (χ1v) is 6.33. The molecule has 0 aliphatic heterocycles. The van der Waals surface area contributed by atoms with E-state index < -0.39 is 0 Å². The smallest absolute Gasteiger partial charge is 0.152 e. The van der Waals surface area contributed by atoms with Crippen molar-refractivity contribution < 1.29 is 0 Å². The van der Waals surface area contributed by atoms with Crippen molar-refractivity contribution in [2.24, 2.45) is 0 Å². The molecule has 0 saturated heterocycles. The van der Waals surface area contributed by atoms with Gasteiger partial charge in [-0.2, -0.15) is 5.10 Å². The van der Waals surface area contributed by atoms with Crippen LogP contribution in [0.4, 0.5) is 11.5 Å². The number of nitrogens with zero attached hydrogens (tertiary/aromatic N) is 1. The number of anilines is 2. The molecule has 0 unspecified atom stereocenters. The fraction of sp³-hybridized carbons (Fsp3) is 0. The number of rotatable bonds is 3. The summed E-state index contributed by atoms with van der Waals surface area (Å²) in [6, 6.07) is 19.5. The molecule has 3 aromatic rings. The standard InChI is InChI=1S/C15H12ClN3/c16-13-9-5-4-8-12(13)14-10-15(19-18-14)17-11-6-2-1-3-7-11/h1-10H,(H2,17,18,19). The first-order valence-electron chi connectivity index (χ1n) is 5.95. The molecule has 0 saturated carbocycles. The Balaban J connectivity index is 1.86. The largest absolute Gasteiger partial charge is 0.339 e. The summed E-state index contributed by atoms with van der Waals surface area (Å²) in [6.07, 6.45) is 0. The highest BCUT2D eigenvalue weighted by atomic mass is 35.5. The van der Waals surface area contributed by atoms with E-state index in [0.29, 0.717) is 5.02 Å². The SMILES string of the molecule is Clc1ccccc1-c1cc(Nc2ccccc2)n[nH]1. The lowest BCUT2D eigenvalue weighted by molar-refractivity contribution is 1.10. The molecule has 2 aromatic carbocycles. The first-order chi connectivity index (χ1) is 9.33. The van der Waals surface area contributed by atoms with E-state index in [1.807, 2.05) is 60.7 Å². The van der Waals surface area contributed by atoms with E-state index in [4.69, 9.17) is 11.6 Å². The maximum absolute atomic E-state index is 6.16. The second-order valence-corrected chi connectivity index (χ2v) is 4.54. The van der Waals surface area contributed by atoms with Crippen molar-refractivity contribution in [3.63, 3.8) is 0 Å². The van der Waals surface area contributed by atoms with Crippen LogP contribution in [0.25, 0.3) is 11.3 Å². The topological polar surface area (TPSA) is 40.7 Å². The third-order valence-corrected chi connectivity index (χ3v) is 3.12. The van der Waals surface area contributed by atoms with Gasteiger partial charge in [-0.1, -0.05) is 48.0 Å². The minimum atomic E-state index is 0.706. The fourth-order valence-corrected chi connectivity index (χ4v) is 2.11. The molecular formula is C15H12ClN3. The highest BCUT2D eigenvalue weighted by Crippen LogP contribution is 2.27. The molecule has 0 aliphatic carbocycles. The lowest BCUT2D eigenvalue weighted by Gasteiger charge is -2.01. The van der Waals surface area contributed by atoms with E-state index in [1.165, 1.54) is 0 Å². The quantitative estimate of drug-likeness (QED) is 0.736. The van der Waals surface area contributed by atoms with Crippen LogP contribution < -0.4 is 5.32 Å². The predicted molar refractivity (Wildman–Crippen MR) is 78.8 cm³/mol. The number of aromatic amines is 1. The number of H-pyrrole nitrogens is 1. The molecule has 4 heteroatoms. The Hall–Kier alpha value is -2.26. The lowest BCUT2D eigenvalue weighted by Crippen LogP contribution is -1.88. The molecule has 0 aliphatic rings. The lowest BCUT2D eigenvalue weighted by atomic mass is 10.1. The second-order valence-electron chi connectivity index (χ2n) is 4.14. The van der Waals surface area contributed by atoms with E-state index in [-0.39, 0.29) is 0 Å². The number of nitrogens with one attached hydrogen (secondary N) is 2. The summed E-state index contributed by atoms with van der Waals surface area (Å²) >= 11 is 6.16. The van der Waals surface area contributed by atoms with Crippen LogP contribution in [0.2, 0.25) is 5.02 Å². The van der Waals surface area contributed by atoms with Crippen molar-refractivity contribution >= 4 is 23.1 Å². The van der Waals surface area contributed by atoms with Crippen LogP contribution in [0.5, 0.6) is 0 Å². The Bertz CT molecular complexity index is 677.